The number of ether oxygens (including phenoxy) is 1. The number of carbonyl (C=O) groups excluding carboxylic acids is 1. The maximum absolute atomic E-state index is 12.2. The van der Waals surface area contributed by atoms with E-state index in [0.29, 0.717) is 5.75 Å². The third-order valence-corrected chi connectivity index (χ3v) is 5.47. The van der Waals surface area contributed by atoms with Crippen LogP contribution in [-0.4, -0.2) is 38.5 Å². The lowest BCUT2D eigenvalue weighted by Gasteiger charge is -2.18. The van der Waals surface area contributed by atoms with Crippen LogP contribution >= 0.6 is 0 Å². The summed E-state index contributed by atoms with van der Waals surface area (Å²) in [7, 11) is -1.69. The highest BCUT2D eigenvalue weighted by Gasteiger charge is 2.13. The molecule has 1 amide bonds. The van der Waals surface area contributed by atoms with Crippen molar-refractivity contribution in [3.63, 3.8) is 0 Å². The average molecular weight is 391 g/mol. The topological polar surface area (TPSA) is 75.7 Å². The van der Waals surface area contributed by atoms with E-state index in [0.717, 1.165) is 17.5 Å². The van der Waals surface area contributed by atoms with E-state index in [4.69, 9.17) is 4.74 Å². The van der Waals surface area contributed by atoms with E-state index in [1.54, 1.807) is 24.3 Å². The summed E-state index contributed by atoms with van der Waals surface area (Å²) in [6, 6.07) is 16.8. The van der Waals surface area contributed by atoms with Gasteiger partial charge in [0.1, 0.15) is 5.75 Å². The molecule has 0 fully saturated rings. The number of hydrogen-bond donors (Lipinski definition) is 1. The fraction of sp³-hybridized carbons (Fsp3) is 0.350. The Morgan fingerprint density at radius 3 is 2.30 bits per heavy atom. The molecule has 146 valence electrons. The Bertz CT molecular complexity index is 836. The molecule has 1 N–H and O–H groups in total. The summed E-state index contributed by atoms with van der Waals surface area (Å²) in [6.07, 6.45) is 1.96. The summed E-state index contributed by atoms with van der Waals surface area (Å²) >= 11 is 0. The summed E-state index contributed by atoms with van der Waals surface area (Å²) in [5, 5.41) is 2.97. The first kappa shape index (κ1) is 20.9. The molecular formula is C20H26N2O4S. The van der Waals surface area contributed by atoms with Crippen LogP contribution < -0.4 is 10.1 Å². The van der Waals surface area contributed by atoms with Crippen LogP contribution in [0.25, 0.3) is 0 Å². The molecule has 6 nitrogen and oxygen atoms in total. The zero-order valence-electron chi connectivity index (χ0n) is 15.9. The Hall–Kier alpha value is -2.38. The van der Waals surface area contributed by atoms with Gasteiger partial charge in [-0.3, -0.25) is 4.79 Å². The average Bonchev–Trinajstić information content (AvgIpc) is 2.65. The Kier molecular flexibility index (Phi) is 7.38. The van der Waals surface area contributed by atoms with E-state index < -0.39 is 10.0 Å². The predicted octanol–water partition coefficient (Wildman–Crippen LogP) is 2.72. The highest BCUT2D eigenvalue weighted by Crippen LogP contribution is 2.17. The van der Waals surface area contributed by atoms with Gasteiger partial charge in [0.15, 0.2) is 6.61 Å². The second-order valence-corrected chi connectivity index (χ2v) is 8.48. The number of hydrogen-bond acceptors (Lipinski definition) is 4. The summed E-state index contributed by atoms with van der Waals surface area (Å²) in [5.74, 6) is 0.371. The molecule has 0 spiro atoms. The van der Waals surface area contributed by atoms with Crippen molar-refractivity contribution in [2.24, 2.45) is 0 Å². The van der Waals surface area contributed by atoms with E-state index >= 15 is 0 Å². The van der Waals surface area contributed by atoms with Crippen molar-refractivity contribution in [2.75, 3.05) is 19.9 Å². The molecule has 0 bridgehead atoms. The van der Waals surface area contributed by atoms with Crippen molar-refractivity contribution in [2.45, 2.75) is 25.9 Å². The SMILES string of the molecule is CCC(NC(=O)COc1ccc(CN(C)S(C)(=O)=O)cc1)c1ccccc1. The first-order chi connectivity index (χ1) is 12.8. The number of benzene rings is 2. The minimum atomic E-state index is -3.22. The normalized spacial score (nSPS) is 12.6. The zero-order valence-corrected chi connectivity index (χ0v) is 16.7. The number of nitrogens with zero attached hydrogens (tertiary/aromatic N) is 1. The maximum Gasteiger partial charge on any atom is 0.258 e. The summed E-state index contributed by atoms with van der Waals surface area (Å²) in [4.78, 5) is 12.2. The molecule has 0 heterocycles. The van der Waals surface area contributed by atoms with Gasteiger partial charge in [-0.25, -0.2) is 12.7 Å². The first-order valence-corrected chi connectivity index (χ1v) is 10.6. The van der Waals surface area contributed by atoms with E-state index in [-0.39, 0.29) is 25.1 Å². The summed E-state index contributed by atoms with van der Waals surface area (Å²) in [6.45, 7) is 2.23. The van der Waals surface area contributed by atoms with Crippen LogP contribution in [0.5, 0.6) is 5.75 Å². The van der Waals surface area contributed by atoms with Gasteiger partial charge in [0.25, 0.3) is 5.91 Å². The van der Waals surface area contributed by atoms with Crippen molar-refractivity contribution >= 4 is 15.9 Å². The van der Waals surface area contributed by atoms with Crippen LogP contribution in [0.3, 0.4) is 0 Å². The van der Waals surface area contributed by atoms with Gasteiger partial charge < -0.3 is 10.1 Å². The molecule has 7 heteroatoms. The van der Waals surface area contributed by atoms with Crippen molar-refractivity contribution in [1.82, 2.24) is 9.62 Å². The number of sulfonamides is 1. The number of carbonyl (C=O) groups is 1. The number of rotatable bonds is 9. The van der Waals surface area contributed by atoms with E-state index in [1.807, 2.05) is 37.3 Å². The third kappa shape index (κ3) is 6.69. The standard InChI is InChI=1S/C20H26N2O4S/c1-4-19(17-8-6-5-7-9-17)21-20(23)15-26-18-12-10-16(11-13-18)14-22(2)27(3,24)25/h5-13,19H,4,14-15H2,1-3H3,(H,21,23). The van der Waals surface area contributed by atoms with Gasteiger partial charge in [-0.1, -0.05) is 49.4 Å². The molecule has 0 saturated carbocycles. The van der Waals surface area contributed by atoms with E-state index in [2.05, 4.69) is 5.32 Å². The van der Waals surface area contributed by atoms with Gasteiger partial charge in [-0.05, 0) is 29.7 Å². The molecule has 0 aliphatic rings. The Morgan fingerprint density at radius 2 is 1.74 bits per heavy atom. The first-order valence-electron chi connectivity index (χ1n) is 8.77. The third-order valence-electron chi connectivity index (χ3n) is 4.21. The maximum atomic E-state index is 12.2. The monoisotopic (exact) mass is 390 g/mol. The number of amides is 1. The Labute approximate surface area is 161 Å². The lowest BCUT2D eigenvalue weighted by Crippen LogP contribution is -2.32. The van der Waals surface area contributed by atoms with Gasteiger partial charge in [0.05, 0.1) is 12.3 Å². The predicted molar refractivity (Wildman–Crippen MR) is 106 cm³/mol. The fourth-order valence-corrected chi connectivity index (χ4v) is 2.94. The molecule has 1 unspecified atom stereocenters. The van der Waals surface area contributed by atoms with Gasteiger partial charge >= 0.3 is 0 Å². The van der Waals surface area contributed by atoms with Crippen molar-refractivity contribution < 1.29 is 17.9 Å². The van der Waals surface area contributed by atoms with Crippen molar-refractivity contribution in [1.29, 1.82) is 0 Å². The molecule has 0 aliphatic carbocycles. The quantitative estimate of drug-likeness (QED) is 0.714. The van der Waals surface area contributed by atoms with E-state index in [9.17, 15) is 13.2 Å². The lowest BCUT2D eigenvalue weighted by molar-refractivity contribution is -0.123. The Morgan fingerprint density at radius 1 is 1.11 bits per heavy atom. The van der Waals surface area contributed by atoms with Crippen LogP contribution in [0, 0.1) is 0 Å². The molecule has 2 aromatic carbocycles. The molecule has 0 radical (unpaired) electrons. The molecule has 0 saturated heterocycles. The zero-order chi connectivity index (χ0) is 19.9. The van der Waals surface area contributed by atoms with Gasteiger partial charge in [0.2, 0.25) is 10.0 Å². The van der Waals surface area contributed by atoms with Crippen molar-refractivity contribution in [3.05, 3.63) is 65.7 Å². The van der Waals surface area contributed by atoms with Crippen molar-refractivity contribution in [3.8, 4) is 5.75 Å². The van der Waals surface area contributed by atoms with Crippen LogP contribution in [0.4, 0.5) is 0 Å². The molecule has 1 atom stereocenters. The number of nitrogens with one attached hydrogen (secondary N) is 1. The fourth-order valence-electron chi connectivity index (χ4n) is 2.56. The van der Waals surface area contributed by atoms with Gasteiger partial charge in [0, 0.05) is 13.6 Å². The van der Waals surface area contributed by atoms with E-state index in [1.165, 1.54) is 17.6 Å². The molecular weight excluding hydrogens is 364 g/mol. The lowest BCUT2D eigenvalue weighted by atomic mass is 10.0. The minimum Gasteiger partial charge on any atom is -0.484 e. The highest BCUT2D eigenvalue weighted by molar-refractivity contribution is 7.88. The van der Waals surface area contributed by atoms with Gasteiger partial charge in [-0.15, -0.1) is 0 Å². The smallest absolute Gasteiger partial charge is 0.258 e. The second-order valence-electron chi connectivity index (χ2n) is 6.39. The summed E-state index contributed by atoms with van der Waals surface area (Å²) in [5.41, 5.74) is 1.91. The van der Waals surface area contributed by atoms with Crippen LogP contribution in [0.1, 0.15) is 30.5 Å². The molecule has 0 aromatic heterocycles. The van der Waals surface area contributed by atoms with Crippen LogP contribution in [0.2, 0.25) is 0 Å². The van der Waals surface area contributed by atoms with Crippen LogP contribution in [-0.2, 0) is 21.4 Å². The van der Waals surface area contributed by atoms with Crippen LogP contribution in [0.15, 0.2) is 54.6 Å². The summed E-state index contributed by atoms with van der Waals surface area (Å²) < 4.78 is 29.7. The largest absolute Gasteiger partial charge is 0.484 e. The molecule has 0 aliphatic heterocycles. The molecule has 27 heavy (non-hydrogen) atoms. The second kappa shape index (κ2) is 9.53. The minimum absolute atomic E-state index is 0.0452. The molecule has 2 rings (SSSR count). The highest BCUT2D eigenvalue weighted by atomic mass is 32.2. The Balaban J connectivity index is 1.86. The van der Waals surface area contributed by atoms with Gasteiger partial charge in [-0.2, -0.15) is 0 Å². The molecule has 2 aromatic rings.